The minimum atomic E-state index is -4.42. The molecule has 1 N–H and O–H groups in total. The molecule has 21 heavy (non-hydrogen) atoms. The van der Waals surface area contributed by atoms with Crippen molar-refractivity contribution >= 4 is 12.0 Å². The van der Waals surface area contributed by atoms with E-state index in [9.17, 15) is 22.8 Å². The van der Waals surface area contributed by atoms with Gasteiger partial charge in [-0.3, -0.25) is 4.79 Å². The van der Waals surface area contributed by atoms with Crippen LogP contribution in [0.4, 0.5) is 18.0 Å². The summed E-state index contributed by atoms with van der Waals surface area (Å²) in [6.07, 6.45) is -2.94. The predicted molar refractivity (Wildman–Crippen MR) is 69.8 cm³/mol. The summed E-state index contributed by atoms with van der Waals surface area (Å²) in [6.45, 7) is 1.25. The number of alkyl halides is 3. The van der Waals surface area contributed by atoms with Gasteiger partial charge in [0.25, 0.3) is 0 Å². The van der Waals surface area contributed by atoms with Crippen LogP contribution in [-0.4, -0.2) is 59.8 Å². The van der Waals surface area contributed by atoms with Crippen molar-refractivity contribution in [1.29, 1.82) is 0 Å². The van der Waals surface area contributed by atoms with Crippen LogP contribution >= 0.6 is 0 Å². The van der Waals surface area contributed by atoms with Crippen LogP contribution in [0.25, 0.3) is 0 Å². The molecule has 1 heterocycles. The third-order valence-electron chi connectivity index (χ3n) is 3.77. The molecule has 1 rings (SSSR count). The Morgan fingerprint density at radius 2 is 2.05 bits per heavy atom. The van der Waals surface area contributed by atoms with Crippen LogP contribution in [0.15, 0.2) is 0 Å². The molecule has 2 atom stereocenters. The molecule has 1 fully saturated rings. The number of carboxylic acids is 1. The maximum atomic E-state index is 12.3. The Morgan fingerprint density at radius 1 is 1.43 bits per heavy atom. The average molecular weight is 310 g/mol. The van der Waals surface area contributed by atoms with E-state index in [0.29, 0.717) is 24.4 Å². The van der Waals surface area contributed by atoms with Crippen molar-refractivity contribution in [3.63, 3.8) is 0 Å². The summed E-state index contributed by atoms with van der Waals surface area (Å²) in [5.41, 5.74) is 0. The molecule has 0 aromatic carbocycles. The van der Waals surface area contributed by atoms with Gasteiger partial charge < -0.3 is 14.9 Å². The highest BCUT2D eigenvalue weighted by Crippen LogP contribution is 2.27. The van der Waals surface area contributed by atoms with Crippen LogP contribution in [-0.2, 0) is 4.79 Å². The van der Waals surface area contributed by atoms with Crippen LogP contribution < -0.4 is 0 Å². The number of carbonyl (C=O) groups excluding carboxylic acids is 1. The fourth-order valence-electron chi connectivity index (χ4n) is 2.67. The highest BCUT2D eigenvalue weighted by Gasteiger charge is 2.34. The molecule has 0 aromatic heterocycles. The van der Waals surface area contributed by atoms with Gasteiger partial charge in [0, 0.05) is 26.6 Å². The number of hydrogen-bond donors (Lipinski definition) is 1. The number of piperidine rings is 1. The molecule has 0 bridgehead atoms. The Hall–Kier alpha value is -1.47. The highest BCUT2D eigenvalue weighted by atomic mass is 19.4. The second kappa shape index (κ2) is 7.00. The smallest absolute Gasteiger partial charge is 0.406 e. The lowest BCUT2D eigenvalue weighted by atomic mass is 9.85. The molecule has 0 aromatic rings. The van der Waals surface area contributed by atoms with Crippen molar-refractivity contribution in [3.05, 3.63) is 0 Å². The van der Waals surface area contributed by atoms with Crippen LogP contribution in [0.3, 0.4) is 0 Å². The molecule has 8 heteroatoms. The molecule has 5 nitrogen and oxygen atoms in total. The number of carboxylic acid groups (broad SMARTS) is 1. The lowest BCUT2D eigenvalue weighted by Gasteiger charge is -2.37. The topological polar surface area (TPSA) is 60.9 Å². The van der Waals surface area contributed by atoms with E-state index >= 15 is 0 Å². The number of hydrogen-bond acceptors (Lipinski definition) is 2. The summed E-state index contributed by atoms with van der Waals surface area (Å²) in [5.74, 6) is -0.996. The molecule has 1 aliphatic heterocycles. The van der Waals surface area contributed by atoms with Gasteiger partial charge in [-0.15, -0.1) is 0 Å². The number of carbonyl (C=O) groups is 2. The fourth-order valence-corrected chi connectivity index (χ4v) is 2.67. The number of urea groups is 1. The van der Waals surface area contributed by atoms with E-state index in [-0.39, 0.29) is 18.3 Å². The summed E-state index contributed by atoms with van der Waals surface area (Å²) in [7, 11) is 1.13. The van der Waals surface area contributed by atoms with E-state index in [4.69, 9.17) is 5.11 Å². The second-order valence-corrected chi connectivity index (χ2v) is 5.68. The first-order valence-corrected chi connectivity index (χ1v) is 6.88. The Morgan fingerprint density at radius 3 is 2.57 bits per heavy atom. The maximum absolute atomic E-state index is 12.3. The van der Waals surface area contributed by atoms with E-state index in [0.717, 1.165) is 13.5 Å². The summed E-state index contributed by atoms with van der Waals surface area (Å²) in [6, 6.07) is -0.653. The van der Waals surface area contributed by atoms with Crippen molar-refractivity contribution in [2.24, 2.45) is 11.8 Å². The fraction of sp³-hybridized carbons (Fsp3) is 0.846. The van der Waals surface area contributed by atoms with E-state index in [1.54, 1.807) is 6.92 Å². The van der Waals surface area contributed by atoms with Gasteiger partial charge in [0.05, 0.1) is 0 Å². The molecular formula is C13H21F3N2O3. The van der Waals surface area contributed by atoms with Gasteiger partial charge in [0.2, 0.25) is 0 Å². The molecule has 1 aliphatic rings. The van der Waals surface area contributed by atoms with Gasteiger partial charge in [-0.2, -0.15) is 13.2 Å². The monoisotopic (exact) mass is 310 g/mol. The number of rotatable bonds is 4. The zero-order chi connectivity index (χ0) is 16.2. The first kappa shape index (κ1) is 17.6. The van der Waals surface area contributed by atoms with Crippen LogP contribution in [0.2, 0.25) is 0 Å². The molecule has 0 radical (unpaired) electrons. The molecule has 0 aliphatic carbocycles. The van der Waals surface area contributed by atoms with Gasteiger partial charge in [-0.1, -0.05) is 6.92 Å². The quantitative estimate of drug-likeness (QED) is 0.867. The van der Waals surface area contributed by atoms with E-state index in [2.05, 4.69) is 0 Å². The van der Waals surface area contributed by atoms with Crippen molar-refractivity contribution in [3.8, 4) is 0 Å². The minimum Gasteiger partial charge on any atom is -0.481 e. The van der Waals surface area contributed by atoms with Crippen molar-refractivity contribution in [1.82, 2.24) is 9.80 Å². The van der Waals surface area contributed by atoms with Crippen LogP contribution in [0.5, 0.6) is 0 Å². The number of likely N-dealkylation sites (tertiary alicyclic amines) is 1. The van der Waals surface area contributed by atoms with Crippen LogP contribution in [0.1, 0.15) is 26.2 Å². The number of amides is 2. The first-order valence-electron chi connectivity index (χ1n) is 6.88. The van der Waals surface area contributed by atoms with Crippen molar-refractivity contribution < 1.29 is 27.9 Å². The van der Waals surface area contributed by atoms with E-state index in [1.807, 2.05) is 0 Å². The molecule has 2 unspecified atom stereocenters. The molecular weight excluding hydrogens is 289 g/mol. The van der Waals surface area contributed by atoms with Crippen molar-refractivity contribution in [2.45, 2.75) is 32.4 Å². The average Bonchev–Trinajstić information content (AvgIpc) is 2.35. The SMILES string of the molecule is CC(CC(=O)O)C1CCCN(C(=O)N(C)CC(F)(F)F)C1. The summed E-state index contributed by atoms with van der Waals surface area (Å²) >= 11 is 0. The number of aliphatic carboxylic acids is 1. The lowest BCUT2D eigenvalue weighted by molar-refractivity contribution is -0.140. The standard InChI is InChI=1S/C13H21F3N2O3/c1-9(6-11(19)20)10-4-3-5-18(7-10)12(21)17(2)8-13(14,15)16/h9-10H,3-8H2,1-2H3,(H,19,20). The number of nitrogens with zero attached hydrogens (tertiary/aromatic N) is 2. The predicted octanol–water partition coefficient (Wildman–Crippen LogP) is 2.42. The maximum Gasteiger partial charge on any atom is 0.406 e. The zero-order valence-electron chi connectivity index (χ0n) is 12.2. The summed E-state index contributed by atoms with van der Waals surface area (Å²) in [4.78, 5) is 24.8. The largest absolute Gasteiger partial charge is 0.481 e. The molecule has 0 spiro atoms. The molecule has 2 amide bonds. The second-order valence-electron chi connectivity index (χ2n) is 5.68. The first-order chi connectivity index (χ1) is 9.60. The third-order valence-corrected chi connectivity index (χ3v) is 3.77. The molecule has 122 valence electrons. The Bertz CT molecular complexity index is 387. The van der Waals surface area contributed by atoms with Gasteiger partial charge in [0.1, 0.15) is 6.54 Å². The van der Waals surface area contributed by atoms with Crippen molar-refractivity contribution in [2.75, 3.05) is 26.7 Å². The van der Waals surface area contributed by atoms with Gasteiger partial charge in [0.15, 0.2) is 0 Å². The number of halogens is 3. The van der Waals surface area contributed by atoms with E-state index < -0.39 is 24.7 Å². The van der Waals surface area contributed by atoms with Crippen LogP contribution in [0, 0.1) is 11.8 Å². The molecule has 0 saturated carbocycles. The lowest BCUT2D eigenvalue weighted by Crippen LogP contribution is -2.49. The summed E-state index contributed by atoms with van der Waals surface area (Å²) < 4.78 is 36.9. The Balaban J connectivity index is 2.59. The van der Waals surface area contributed by atoms with Gasteiger partial charge in [-0.05, 0) is 24.7 Å². The third kappa shape index (κ3) is 5.81. The normalized spacial score (nSPS) is 21.0. The van der Waals surface area contributed by atoms with Gasteiger partial charge in [-0.25, -0.2) is 4.79 Å². The highest BCUT2D eigenvalue weighted by molar-refractivity contribution is 5.74. The molecule has 1 saturated heterocycles. The van der Waals surface area contributed by atoms with Gasteiger partial charge >= 0.3 is 18.2 Å². The Kier molecular flexibility index (Phi) is 5.86. The Labute approximate surface area is 121 Å². The minimum absolute atomic E-state index is 0.00505. The zero-order valence-corrected chi connectivity index (χ0v) is 12.2. The summed E-state index contributed by atoms with van der Waals surface area (Å²) in [5, 5.41) is 8.79. The van der Waals surface area contributed by atoms with E-state index in [1.165, 1.54) is 4.90 Å².